The fourth-order valence-corrected chi connectivity index (χ4v) is 3.74. The van der Waals surface area contributed by atoms with Gasteiger partial charge in [-0.3, -0.25) is 4.79 Å². The van der Waals surface area contributed by atoms with Gasteiger partial charge >= 0.3 is 0 Å². The molecular formula is C20H14BrN3O2S. The van der Waals surface area contributed by atoms with Gasteiger partial charge in [0.15, 0.2) is 5.13 Å². The summed E-state index contributed by atoms with van der Waals surface area (Å²) in [6, 6.07) is 15.2. The van der Waals surface area contributed by atoms with E-state index in [1.807, 2.05) is 53.9 Å². The molecule has 134 valence electrons. The smallest absolute Gasteiger partial charge is 0.284 e. The van der Waals surface area contributed by atoms with Crippen LogP contribution in [0.2, 0.25) is 0 Å². The van der Waals surface area contributed by atoms with Crippen LogP contribution in [0.4, 0.5) is 5.13 Å². The summed E-state index contributed by atoms with van der Waals surface area (Å²) in [6.45, 7) is 0. The van der Waals surface area contributed by atoms with Gasteiger partial charge in [0.05, 0.1) is 7.11 Å². The van der Waals surface area contributed by atoms with Crippen LogP contribution >= 0.6 is 27.3 Å². The van der Waals surface area contributed by atoms with E-state index in [2.05, 4.69) is 25.9 Å². The third-order valence-electron chi connectivity index (χ3n) is 3.97. The van der Waals surface area contributed by atoms with E-state index in [4.69, 9.17) is 4.74 Å². The minimum atomic E-state index is -0.198. The lowest BCUT2D eigenvalue weighted by Gasteiger charge is -2.15. The lowest BCUT2D eigenvalue weighted by molar-refractivity contribution is -0.113. The van der Waals surface area contributed by atoms with Crippen molar-refractivity contribution >= 4 is 50.2 Å². The van der Waals surface area contributed by atoms with Crippen LogP contribution in [0.15, 0.2) is 75.3 Å². The Balaban J connectivity index is 1.78. The molecule has 2 aromatic carbocycles. The van der Waals surface area contributed by atoms with E-state index in [-0.39, 0.29) is 5.91 Å². The summed E-state index contributed by atoms with van der Waals surface area (Å²) in [4.78, 5) is 23.6. The number of thiazole rings is 1. The number of rotatable bonds is 4. The molecule has 1 aliphatic rings. The minimum Gasteiger partial charge on any atom is -0.497 e. The second-order valence-electron chi connectivity index (χ2n) is 5.70. The highest BCUT2D eigenvalue weighted by Crippen LogP contribution is 2.30. The second-order valence-corrected chi connectivity index (χ2v) is 7.49. The van der Waals surface area contributed by atoms with E-state index >= 15 is 0 Å². The zero-order chi connectivity index (χ0) is 18.8. The number of anilines is 1. The number of carbonyl (C=O) groups excluding carboxylic acids is 1. The molecule has 0 unspecified atom stereocenters. The van der Waals surface area contributed by atoms with Gasteiger partial charge in [-0.1, -0.05) is 40.2 Å². The molecule has 1 amide bonds. The van der Waals surface area contributed by atoms with Crippen molar-refractivity contribution in [1.82, 2.24) is 4.98 Å². The molecule has 27 heavy (non-hydrogen) atoms. The first-order valence-corrected chi connectivity index (χ1v) is 9.77. The van der Waals surface area contributed by atoms with Crippen LogP contribution in [0, 0.1) is 0 Å². The number of hydrogen-bond donors (Lipinski definition) is 0. The number of hydrogen-bond acceptors (Lipinski definition) is 5. The fraction of sp³-hybridized carbons (Fsp3) is 0.0500. The number of carbonyl (C=O) groups is 1. The third-order valence-corrected chi connectivity index (χ3v) is 5.22. The summed E-state index contributed by atoms with van der Waals surface area (Å²) in [5.74, 6) is 1.13. The van der Waals surface area contributed by atoms with Crippen molar-refractivity contribution in [2.45, 2.75) is 0 Å². The Hall–Kier alpha value is -2.77. The van der Waals surface area contributed by atoms with Gasteiger partial charge in [0, 0.05) is 21.6 Å². The highest BCUT2D eigenvalue weighted by molar-refractivity contribution is 9.10. The van der Waals surface area contributed by atoms with Gasteiger partial charge in [0.2, 0.25) is 0 Å². The van der Waals surface area contributed by atoms with Crippen LogP contribution in [0.3, 0.4) is 0 Å². The van der Waals surface area contributed by atoms with E-state index in [0.29, 0.717) is 16.7 Å². The molecule has 2 heterocycles. The molecule has 5 nitrogen and oxygen atoms in total. The Morgan fingerprint density at radius 1 is 1.19 bits per heavy atom. The molecular weight excluding hydrogens is 426 g/mol. The van der Waals surface area contributed by atoms with Gasteiger partial charge in [0.25, 0.3) is 5.91 Å². The average molecular weight is 440 g/mol. The number of nitrogens with zero attached hydrogens (tertiary/aromatic N) is 3. The quantitative estimate of drug-likeness (QED) is 0.551. The maximum absolute atomic E-state index is 13.1. The van der Waals surface area contributed by atoms with Gasteiger partial charge in [-0.25, -0.2) is 14.9 Å². The first kappa shape index (κ1) is 17.6. The van der Waals surface area contributed by atoms with Crippen LogP contribution in [-0.2, 0) is 4.79 Å². The van der Waals surface area contributed by atoms with Crippen LogP contribution in [0.5, 0.6) is 5.75 Å². The lowest BCUT2D eigenvalue weighted by Crippen LogP contribution is -2.32. The highest BCUT2D eigenvalue weighted by Gasteiger charge is 2.34. The molecule has 0 saturated carbocycles. The molecule has 0 N–H and O–H groups in total. The van der Waals surface area contributed by atoms with Crippen molar-refractivity contribution in [3.05, 3.63) is 81.4 Å². The number of ether oxygens (including phenoxy) is 1. The van der Waals surface area contributed by atoms with Crippen LogP contribution in [0.1, 0.15) is 11.1 Å². The van der Waals surface area contributed by atoms with Crippen LogP contribution in [0.25, 0.3) is 6.08 Å². The molecule has 0 atom stereocenters. The Labute approximate surface area is 168 Å². The Kier molecular flexibility index (Phi) is 4.87. The van der Waals surface area contributed by atoms with Gasteiger partial charge in [0.1, 0.15) is 17.3 Å². The highest BCUT2D eigenvalue weighted by atomic mass is 79.9. The topological polar surface area (TPSA) is 54.8 Å². The Bertz CT molecular complexity index is 1040. The largest absolute Gasteiger partial charge is 0.497 e. The number of aromatic nitrogens is 1. The molecule has 0 bridgehead atoms. The first-order valence-electron chi connectivity index (χ1n) is 8.10. The molecule has 0 radical (unpaired) electrons. The van der Waals surface area contributed by atoms with Gasteiger partial charge in [-0.15, -0.1) is 11.3 Å². The molecule has 3 aromatic rings. The summed E-state index contributed by atoms with van der Waals surface area (Å²) in [6.07, 6.45) is 3.45. The van der Waals surface area contributed by atoms with E-state index in [1.165, 1.54) is 11.3 Å². The summed E-state index contributed by atoms with van der Waals surface area (Å²) < 4.78 is 6.10. The standard InChI is InChI=1S/C20H14BrN3O2S/c1-26-16-7-5-13(6-8-16)11-17-19(25)24(20-22-9-10-27-20)18(23-17)14-3-2-4-15(21)12-14/h2-12H,1H3/b17-11-. The molecule has 0 aliphatic carbocycles. The summed E-state index contributed by atoms with van der Waals surface area (Å²) in [5, 5.41) is 2.43. The molecule has 1 aromatic heterocycles. The number of halogens is 1. The summed E-state index contributed by atoms with van der Waals surface area (Å²) in [7, 11) is 1.62. The Morgan fingerprint density at radius 3 is 2.67 bits per heavy atom. The molecule has 1 aliphatic heterocycles. The first-order chi connectivity index (χ1) is 13.2. The van der Waals surface area contributed by atoms with Crippen molar-refractivity contribution in [3.8, 4) is 5.75 Å². The van der Waals surface area contributed by atoms with E-state index in [0.717, 1.165) is 21.3 Å². The number of amides is 1. The maximum atomic E-state index is 13.1. The SMILES string of the molecule is COc1ccc(/C=C2\N=C(c3cccc(Br)c3)N(c3nccs3)C2=O)cc1. The molecule has 7 heteroatoms. The van der Waals surface area contributed by atoms with Gasteiger partial charge in [-0.05, 0) is 35.9 Å². The fourth-order valence-electron chi connectivity index (χ4n) is 2.70. The van der Waals surface area contributed by atoms with Crippen molar-refractivity contribution in [2.75, 3.05) is 12.0 Å². The molecule has 4 rings (SSSR count). The van der Waals surface area contributed by atoms with Crippen molar-refractivity contribution in [1.29, 1.82) is 0 Å². The average Bonchev–Trinajstić information content (AvgIpc) is 3.31. The normalized spacial score (nSPS) is 15.3. The zero-order valence-electron chi connectivity index (χ0n) is 14.3. The van der Waals surface area contributed by atoms with Crippen molar-refractivity contribution < 1.29 is 9.53 Å². The van der Waals surface area contributed by atoms with E-state index in [9.17, 15) is 4.79 Å². The van der Waals surface area contributed by atoms with Crippen molar-refractivity contribution in [2.24, 2.45) is 4.99 Å². The van der Waals surface area contributed by atoms with E-state index in [1.54, 1.807) is 24.3 Å². The predicted molar refractivity (Wildman–Crippen MR) is 111 cm³/mol. The van der Waals surface area contributed by atoms with E-state index < -0.39 is 0 Å². The minimum absolute atomic E-state index is 0.198. The summed E-state index contributed by atoms with van der Waals surface area (Å²) in [5.41, 5.74) is 2.08. The number of methoxy groups -OCH3 is 1. The number of amidine groups is 1. The van der Waals surface area contributed by atoms with Gasteiger partial charge < -0.3 is 4.74 Å². The monoisotopic (exact) mass is 439 g/mol. The van der Waals surface area contributed by atoms with Gasteiger partial charge in [-0.2, -0.15) is 0 Å². The maximum Gasteiger partial charge on any atom is 0.284 e. The number of aliphatic imine (C=N–C) groups is 1. The second kappa shape index (κ2) is 7.46. The predicted octanol–water partition coefficient (Wildman–Crippen LogP) is 4.75. The van der Waals surface area contributed by atoms with Crippen molar-refractivity contribution in [3.63, 3.8) is 0 Å². The van der Waals surface area contributed by atoms with Crippen LogP contribution < -0.4 is 9.64 Å². The molecule has 0 fully saturated rings. The Morgan fingerprint density at radius 2 is 2.00 bits per heavy atom. The summed E-state index contributed by atoms with van der Waals surface area (Å²) >= 11 is 4.88. The lowest BCUT2D eigenvalue weighted by atomic mass is 10.2. The van der Waals surface area contributed by atoms with Crippen LogP contribution in [-0.4, -0.2) is 23.8 Å². The number of benzene rings is 2. The molecule has 0 spiro atoms. The zero-order valence-corrected chi connectivity index (χ0v) is 16.7. The third kappa shape index (κ3) is 3.56. The molecule has 0 saturated heterocycles.